The van der Waals surface area contributed by atoms with Crippen molar-refractivity contribution in [2.75, 3.05) is 12.4 Å². The van der Waals surface area contributed by atoms with Gasteiger partial charge in [-0.05, 0) is 16.8 Å². The van der Waals surface area contributed by atoms with E-state index in [4.69, 9.17) is 0 Å². The van der Waals surface area contributed by atoms with E-state index in [0.717, 1.165) is 16.6 Å². The third kappa shape index (κ3) is 3.78. The molecule has 5 nitrogen and oxygen atoms in total. The van der Waals surface area contributed by atoms with Crippen LogP contribution in [0.2, 0.25) is 0 Å². The van der Waals surface area contributed by atoms with E-state index in [2.05, 4.69) is 39.3 Å². The summed E-state index contributed by atoms with van der Waals surface area (Å²) in [4.78, 5) is 27.3. The number of anilines is 1. The van der Waals surface area contributed by atoms with E-state index in [9.17, 15) is 9.59 Å². The number of carbonyl (C=O) groups excluding carboxylic acids is 2. The van der Waals surface area contributed by atoms with E-state index < -0.39 is 5.97 Å². The quantitative estimate of drug-likeness (QED) is 0.716. The molecule has 122 valence electrons. The fourth-order valence-corrected chi connectivity index (χ4v) is 3.05. The highest BCUT2D eigenvalue weighted by Crippen LogP contribution is 2.27. The third-order valence-corrected chi connectivity index (χ3v) is 4.34. The minimum absolute atomic E-state index is 0.0608. The first-order valence-corrected chi connectivity index (χ1v) is 8.35. The highest BCUT2D eigenvalue weighted by molar-refractivity contribution is 7.14. The largest absolute Gasteiger partial charge is 0.469 e. The van der Waals surface area contributed by atoms with Crippen molar-refractivity contribution in [3.63, 3.8) is 0 Å². The Hall–Kier alpha value is -2.73. The van der Waals surface area contributed by atoms with Crippen LogP contribution in [0.15, 0.2) is 47.8 Å². The van der Waals surface area contributed by atoms with Crippen molar-refractivity contribution < 1.29 is 14.3 Å². The van der Waals surface area contributed by atoms with Crippen molar-refractivity contribution >= 4 is 39.1 Å². The van der Waals surface area contributed by atoms with Crippen LogP contribution >= 0.6 is 11.3 Å². The van der Waals surface area contributed by atoms with Gasteiger partial charge >= 0.3 is 5.97 Å². The maximum atomic E-state index is 11.8. The molecule has 6 heteroatoms. The SMILES string of the molecule is COC(=O)CCC(=O)Nc1nc(-c2ccc3ccccc3c2)cs1. The highest BCUT2D eigenvalue weighted by Gasteiger charge is 2.10. The lowest BCUT2D eigenvalue weighted by molar-refractivity contribution is -0.141. The van der Waals surface area contributed by atoms with Crippen molar-refractivity contribution in [3.05, 3.63) is 47.8 Å². The van der Waals surface area contributed by atoms with Crippen LogP contribution < -0.4 is 5.32 Å². The zero-order valence-corrected chi connectivity index (χ0v) is 13.9. The Morgan fingerprint density at radius 2 is 1.92 bits per heavy atom. The molecule has 0 fully saturated rings. The predicted octanol–water partition coefficient (Wildman–Crippen LogP) is 3.86. The molecule has 0 atom stereocenters. The van der Waals surface area contributed by atoms with E-state index in [1.54, 1.807) is 0 Å². The number of carbonyl (C=O) groups is 2. The summed E-state index contributed by atoms with van der Waals surface area (Å²) in [6.07, 6.45) is 0.142. The summed E-state index contributed by atoms with van der Waals surface area (Å²) in [7, 11) is 1.30. The number of fused-ring (bicyclic) bond motifs is 1. The van der Waals surface area contributed by atoms with Gasteiger partial charge < -0.3 is 10.1 Å². The number of thiazole rings is 1. The van der Waals surface area contributed by atoms with E-state index in [1.165, 1.54) is 23.8 Å². The van der Waals surface area contributed by atoms with Crippen LogP contribution in [0.1, 0.15) is 12.8 Å². The normalized spacial score (nSPS) is 10.5. The Kier molecular flexibility index (Phi) is 4.86. The molecule has 2 aromatic carbocycles. The summed E-state index contributed by atoms with van der Waals surface area (Å²) < 4.78 is 4.52. The van der Waals surface area contributed by atoms with Gasteiger partial charge in [-0.3, -0.25) is 9.59 Å². The van der Waals surface area contributed by atoms with Crippen molar-refractivity contribution in [2.45, 2.75) is 12.8 Å². The summed E-state index contributed by atoms with van der Waals surface area (Å²) in [5, 5.41) is 7.45. The van der Waals surface area contributed by atoms with Crippen molar-refractivity contribution in [1.29, 1.82) is 0 Å². The van der Waals surface area contributed by atoms with Crippen molar-refractivity contribution in [2.24, 2.45) is 0 Å². The molecule has 0 radical (unpaired) electrons. The number of ether oxygens (including phenoxy) is 1. The lowest BCUT2D eigenvalue weighted by Gasteiger charge is -2.02. The van der Waals surface area contributed by atoms with E-state index in [-0.39, 0.29) is 18.7 Å². The van der Waals surface area contributed by atoms with Crippen LogP contribution in [0.25, 0.3) is 22.0 Å². The lowest BCUT2D eigenvalue weighted by atomic mass is 10.1. The average molecular weight is 340 g/mol. The minimum Gasteiger partial charge on any atom is -0.469 e. The van der Waals surface area contributed by atoms with Crippen LogP contribution in [0, 0.1) is 0 Å². The fourth-order valence-electron chi connectivity index (χ4n) is 2.31. The van der Waals surface area contributed by atoms with E-state index in [1.807, 2.05) is 23.6 Å². The molecule has 0 saturated heterocycles. The van der Waals surface area contributed by atoms with Gasteiger partial charge in [-0.15, -0.1) is 11.3 Å². The number of hydrogen-bond donors (Lipinski definition) is 1. The Morgan fingerprint density at radius 1 is 1.12 bits per heavy atom. The fraction of sp³-hybridized carbons (Fsp3) is 0.167. The van der Waals surface area contributed by atoms with Gasteiger partial charge in [0.1, 0.15) is 0 Å². The average Bonchev–Trinajstić information content (AvgIpc) is 3.07. The van der Waals surface area contributed by atoms with Crippen LogP contribution in [0.3, 0.4) is 0 Å². The number of methoxy groups -OCH3 is 1. The summed E-state index contributed by atoms with van der Waals surface area (Å²) in [6.45, 7) is 0. The number of nitrogens with one attached hydrogen (secondary N) is 1. The molecule has 1 amide bonds. The number of aromatic nitrogens is 1. The Labute approximate surface area is 143 Å². The smallest absolute Gasteiger partial charge is 0.306 e. The summed E-state index contributed by atoms with van der Waals surface area (Å²) in [5.74, 6) is -0.652. The molecule has 0 saturated carbocycles. The molecule has 0 bridgehead atoms. The number of nitrogens with zero attached hydrogens (tertiary/aromatic N) is 1. The van der Waals surface area contributed by atoms with Gasteiger partial charge in [-0.2, -0.15) is 0 Å². The van der Waals surface area contributed by atoms with Crippen LogP contribution in [0.5, 0.6) is 0 Å². The van der Waals surface area contributed by atoms with Gasteiger partial charge in [0.2, 0.25) is 5.91 Å². The number of amides is 1. The number of hydrogen-bond acceptors (Lipinski definition) is 5. The topological polar surface area (TPSA) is 68.3 Å². The van der Waals surface area contributed by atoms with Gasteiger partial charge in [-0.1, -0.05) is 36.4 Å². The van der Waals surface area contributed by atoms with Crippen molar-refractivity contribution in [3.8, 4) is 11.3 Å². The number of rotatable bonds is 5. The second-order valence-electron chi connectivity index (χ2n) is 5.22. The molecule has 0 aliphatic heterocycles. The van der Waals surface area contributed by atoms with Gasteiger partial charge in [0, 0.05) is 17.4 Å². The summed E-state index contributed by atoms with van der Waals surface area (Å²) >= 11 is 1.36. The third-order valence-electron chi connectivity index (χ3n) is 3.58. The van der Waals surface area contributed by atoms with Crippen LogP contribution in [-0.2, 0) is 14.3 Å². The first-order chi connectivity index (χ1) is 11.7. The summed E-state index contributed by atoms with van der Waals surface area (Å²) in [5.41, 5.74) is 1.81. The van der Waals surface area contributed by atoms with E-state index >= 15 is 0 Å². The zero-order chi connectivity index (χ0) is 16.9. The highest BCUT2D eigenvalue weighted by atomic mass is 32.1. The second kappa shape index (κ2) is 7.23. The minimum atomic E-state index is -0.402. The van der Waals surface area contributed by atoms with Crippen LogP contribution in [-0.4, -0.2) is 24.0 Å². The van der Waals surface area contributed by atoms with E-state index in [0.29, 0.717) is 5.13 Å². The van der Waals surface area contributed by atoms with Crippen molar-refractivity contribution in [1.82, 2.24) is 4.98 Å². The first kappa shape index (κ1) is 16.1. The molecule has 0 aliphatic rings. The number of esters is 1. The van der Waals surface area contributed by atoms with Crippen LogP contribution in [0.4, 0.5) is 5.13 Å². The molecule has 1 aromatic heterocycles. The molecule has 1 N–H and O–H groups in total. The standard InChI is InChI=1S/C18H16N2O3S/c1-23-17(22)9-8-16(21)20-18-19-15(11-24-18)14-7-6-12-4-2-3-5-13(12)10-14/h2-7,10-11H,8-9H2,1H3,(H,19,20,21). The molecule has 24 heavy (non-hydrogen) atoms. The van der Waals surface area contributed by atoms with Gasteiger partial charge in [-0.25, -0.2) is 4.98 Å². The first-order valence-electron chi connectivity index (χ1n) is 7.47. The maximum Gasteiger partial charge on any atom is 0.306 e. The molecule has 0 aliphatic carbocycles. The lowest BCUT2D eigenvalue weighted by Crippen LogP contribution is -2.13. The molecular weight excluding hydrogens is 324 g/mol. The van der Waals surface area contributed by atoms with Gasteiger partial charge in [0.05, 0.1) is 19.2 Å². The summed E-state index contributed by atoms with van der Waals surface area (Å²) in [6, 6.07) is 14.3. The Balaban J connectivity index is 1.70. The second-order valence-corrected chi connectivity index (χ2v) is 6.08. The molecule has 3 aromatic rings. The van der Waals surface area contributed by atoms with Gasteiger partial charge in [0.15, 0.2) is 5.13 Å². The Bertz CT molecular complexity index is 889. The molecule has 3 rings (SSSR count). The predicted molar refractivity (Wildman–Crippen MR) is 94.9 cm³/mol. The maximum absolute atomic E-state index is 11.8. The molecular formula is C18H16N2O3S. The molecule has 0 spiro atoms. The van der Waals surface area contributed by atoms with Gasteiger partial charge in [0.25, 0.3) is 0 Å². The monoisotopic (exact) mass is 340 g/mol. The Morgan fingerprint density at radius 3 is 2.71 bits per heavy atom. The zero-order valence-electron chi connectivity index (χ0n) is 13.1. The number of benzene rings is 2. The molecule has 0 unspecified atom stereocenters. The molecule has 1 heterocycles.